The SMILES string of the molecule is COCCCN1CCOc2ccc(CO[C@H]3CN(S(=O)(=O)c4ccc(C)cc4)[C@@H](CCO)C[C@@H]3c3ccc(COCCOC)cc3)cc21. The van der Waals surface area contributed by atoms with Crippen LogP contribution in [0, 0.1) is 6.92 Å². The van der Waals surface area contributed by atoms with Gasteiger partial charge in [-0.15, -0.1) is 0 Å². The van der Waals surface area contributed by atoms with Gasteiger partial charge in [-0.25, -0.2) is 8.42 Å². The van der Waals surface area contributed by atoms with Crippen LogP contribution in [0.2, 0.25) is 0 Å². The largest absolute Gasteiger partial charge is 0.490 e. The molecule has 2 aliphatic heterocycles. The first-order valence-electron chi connectivity index (χ1n) is 16.8. The second-order valence-electron chi connectivity index (χ2n) is 12.5. The number of ether oxygens (including phenoxy) is 5. The van der Waals surface area contributed by atoms with Crippen molar-refractivity contribution in [2.75, 3.05) is 71.8 Å². The van der Waals surface area contributed by atoms with Crippen molar-refractivity contribution >= 4 is 15.7 Å². The minimum absolute atomic E-state index is 0.0824. The molecule has 0 bridgehead atoms. The number of benzene rings is 3. The lowest BCUT2D eigenvalue weighted by atomic mass is 9.83. The first-order chi connectivity index (χ1) is 23.3. The molecule has 1 N–H and O–H groups in total. The Hall–Kier alpha value is -3.03. The summed E-state index contributed by atoms with van der Waals surface area (Å²) in [7, 11) is -0.476. The van der Waals surface area contributed by atoms with E-state index in [1.165, 1.54) is 0 Å². The number of sulfonamides is 1. The summed E-state index contributed by atoms with van der Waals surface area (Å²) >= 11 is 0. The minimum atomic E-state index is -3.84. The van der Waals surface area contributed by atoms with Gasteiger partial charge >= 0.3 is 0 Å². The van der Waals surface area contributed by atoms with Gasteiger partial charge in [-0.05, 0) is 67.1 Å². The molecule has 0 spiro atoms. The van der Waals surface area contributed by atoms with Crippen molar-refractivity contribution in [2.45, 2.75) is 62.4 Å². The number of anilines is 1. The van der Waals surface area contributed by atoms with E-state index >= 15 is 0 Å². The fourth-order valence-electron chi connectivity index (χ4n) is 6.52. The molecule has 3 atom stereocenters. The topological polar surface area (TPSA) is 107 Å². The standard InChI is InChI=1S/C37H50N2O8S/c1-28-5-12-33(13-6-28)48(41,42)39-25-37(47-27-30-9-14-36-35(23-30)38(17-20-46-36)16-4-19-43-2)34(24-32(39)15-18-40)31-10-7-29(8-11-31)26-45-22-21-44-3/h5-14,23,32,34,37,40H,4,15-22,24-27H2,1-3H3/t32-,34+,37-/m0/s1. The fraction of sp³-hybridized carbons (Fsp3) is 0.514. The highest BCUT2D eigenvalue weighted by Gasteiger charge is 2.42. The summed E-state index contributed by atoms with van der Waals surface area (Å²) < 4.78 is 58.4. The molecule has 48 heavy (non-hydrogen) atoms. The number of rotatable bonds is 17. The molecule has 2 aliphatic rings. The Kier molecular flexibility index (Phi) is 13.3. The van der Waals surface area contributed by atoms with E-state index in [4.69, 9.17) is 23.7 Å². The molecule has 5 rings (SSSR count). The van der Waals surface area contributed by atoms with Gasteiger partial charge in [0.25, 0.3) is 0 Å². The van der Waals surface area contributed by atoms with E-state index < -0.39 is 16.1 Å². The molecule has 0 aliphatic carbocycles. The van der Waals surface area contributed by atoms with E-state index in [0.29, 0.717) is 52.5 Å². The second kappa shape index (κ2) is 17.6. The third kappa shape index (κ3) is 9.15. The zero-order chi connectivity index (χ0) is 33.9. The van der Waals surface area contributed by atoms with Crippen molar-refractivity contribution < 1.29 is 37.2 Å². The Labute approximate surface area is 285 Å². The van der Waals surface area contributed by atoms with Crippen LogP contribution in [0.5, 0.6) is 5.75 Å². The van der Waals surface area contributed by atoms with Crippen LogP contribution in [0.1, 0.15) is 47.4 Å². The van der Waals surface area contributed by atoms with Gasteiger partial charge in [-0.1, -0.05) is 48.0 Å². The molecule has 262 valence electrons. The second-order valence-corrected chi connectivity index (χ2v) is 14.4. The predicted molar refractivity (Wildman–Crippen MR) is 185 cm³/mol. The molecule has 0 amide bonds. The van der Waals surface area contributed by atoms with Gasteiger partial charge in [0.1, 0.15) is 12.4 Å². The molecular formula is C37H50N2O8S. The summed E-state index contributed by atoms with van der Waals surface area (Å²) in [5.41, 5.74) is 5.13. The number of hydrogen-bond acceptors (Lipinski definition) is 9. The van der Waals surface area contributed by atoms with Crippen LogP contribution in [0.3, 0.4) is 0 Å². The molecular weight excluding hydrogens is 632 g/mol. The average Bonchev–Trinajstić information content (AvgIpc) is 3.10. The lowest BCUT2D eigenvalue weighted by Crippen LogP contribution is -2.52. The molecule has 3 aromatic carbocycles. The summed E-state index contributed by atoms with van der Waals surface area (Å²) in [5.74, 6) is 0.771. The highest BCUT2D eigenvalue weighted by molar-refractivity contribution is 7.89. The number of methoxy groups -OCH3 is 2. The highest BCUT2D eigenvalue weighted by atomic mass is 32.2. The van der Waals surface area contributed by atoms with E-state index in [0.717, 1.165) is 53.2 Å². The van der Waals surface area contributed by atoms with Gasteiger partial charge in [-0.2, -0.15) is 4.31 Å². The first kappa shape index (κ1) is 36.3. The van der Waals surface area contributed by atoms with Gasteiger partial charge in [0.15, 0.2) is 0 Å². The van der Waals surface area contributed by atoms with Crippen LogP contribution in [0.25, 0.3) is 0 Å². The van der Waals surface area contributed by atoms with E-state index in [9.17, 15) is 13.5 Å². The zero-order valence-electron chi connectivity index (χ0n) is 28.4. The Morgan fingerprint density at radius 3 is 2.40 bits per heavy atom. The number of nitrogens with zero attached hydrogens (tertiary/aromatic N) is 2. The number of hydrogen-bond donors (Lipinski definition) is 1. The monoisotopic (exact) mass is 682 g/mol. The van der Waals surface area contributed by atoms with Crippen molar-refractivity contribution in [1.29, 1.82) is 0 Å². The quantitative estimate of drug-likeness (QED) is 0.199. The van der Waals surface area contributed by atoms with Crippen molar-refractivity contribution in [3.05, 3.63) is 89.0 Å². The molecule has 3 aromatic rings. The molecule has 11 heteroatoms. The smallest absolute Gasteiger partial charge is 0.243 e. The number of fused-ring (bicyclic) bond motifs is 1. The Morgan fingerprint density at radius 2 is 1.67 bits per heavy atom. The number of aliphatic hydroxyl groups is 1. The Bertz CT molecular complexity index is 1530. The number of aryl methyl sites for hydroxylation is 1. The molecule has 0 radical (unpaired) electrons. The molecule has 1 saturated heterocycles. The average molecular weight is 683 g/mol. The van der Waals surface area contributed by atoms with Crippen molar-refractivity contribution in [3.8, 4) is 5.75 Å². The number of aliphatic hydroxyl groups excluding tert-OH is 1. The molecule has 0 unspecified atom stereocenters. The van der Waals surface area contributed by atoms with Crippen LogP contribution < -0.4 is 9.64 Å². The van der Waals surface area contributed by atoms with E-state index in [-0.39, 0.29) is 30.0 Å². The molecule has 0 saturated carbocycles. The Morgan fingerprint density at radius 1 is 0.917 bits per heavy atom. The normalized spacial score (nSPS) is 20.0. The number of piperidine rings is 1. The van der Waals surface area contributed by atoms with E-state index in [2.05, 4.69) is 35.2 Å². The van der Waals surface area contributed by atoms with Gasteiger partial charge in [0.2, 0.25) is 10.0 Å². The van der Waals surface area contributed by atoms with Crippen LogP contribution in [-0.2, 0) is 42.2 Å². The summed E-state index contributed by atoms with van der Waals surface area (Å²) in [6.07, 6.45) is 1.35. The minimum Gasteiger partial charge on any atom is -0.490 e. The van der Waals surface area contributed by atoms with Crippen LogP contribution in [0.15, 0.2) is 71.6 Å². The van der Waals surface area contributed by atoms with Crippen molar-refractivity contribution in [3.63, 3.8) is 0 Å². The third-order valence-electron chi connectivity index (χ3n) is 9.16. The first-order valence-corrected chi connectivity index (χ1v) is 18.2. The lowest BCUT2D eigenvalue weighted by molar-refractivity contribution is -0.0225. The molecule has 0 aromatic heterocycles. The summed E-state index contributed by atoms with van der Waals surface area (Å²) in [4.78, 5) is 2.56. The van der Waals surface area contributed by atoms with E-state index in [1.54, 1.807) is 30.7 Å². The van der Waals surface area contributed by atoms with Gasteiger partial charge in [0, 0.05) is 52.5 Å². The summed E-state index contributed by atoms with van der Waals surface area (Å²) in [5, 5.41) is 10.0. The lowest BCUT2D eigenvalue weighted by Gasteiger charge is -2.43. The van der Waals surface area contributed by atoms with Gasteiger partial charge in [-0.3, -0.25) is 0 Å². The highest BCUT2D eigenvalue weighted by Crippen LogP contribution is 2.39. The van der Waals surface area contributed by atoms with Gasteiger partial charge in [0.05, 0.1) is 49.7 Å². The molecule has 2 heterocycles. The maximum absolute atomic E-state index is 14.1. The summed E-state index contributed by atoms with van der Waals surface area (Å²) in [6, 6.07) is 21.0. The van der Waals surface area contributed by atoms with Crippen LogP contribution >= 0.6 is 0 Å². The maximum atomic E-state index is 14.1. The fourth-order valence-corrected chi connectivity index (χ4v) is 8.20. The van der Waals surface area contributed by atoms with Crippen LogP contribution in [0.4, 0.5) is 5.69 Å². The molecule has 10 nitrogen and oxygen atoms in total. The van der Waals surface area contributed by atoms with Crippen molar-refractivity contribution in [2.24, 2.45) is 0 Å². The zero-order valence-corrected chi connectivity index (χ0v) is 29.2. The van der Waals surface area contributed by atoms with Crippen molar-refractivity contribution in [1.82, 2.24) is 4.31 Å². The summed E-state index contributed by atoms with van der Waals surface area (Å²) in [6.45, 7) is 6.84. The Balaban J connectivity index is 1.40. The van der Waals surface area contributed by atoms with E-state index in [1.807, 2.05) is 31.2 Å². The van der Waals surface area contributed by atoms with Gasteiger partial charge < -0.3 is 33.7 Å². The third-order valence-corrected chi connectivity index (χ3v) is 11.1. The predicted octanol–water partition coefficient (Wildman–Crippen LogP) is 4.91. The maximum Gasteiger partial charge on any atom is 0.243 e. The molecule has 1 fully saturated rings. The van der Waals surface area contributed by atoms with Crippen LogP contribution in [-0.4, -0.2) is 96.9 Å².